The highest BCUT2D eigenvalue weighted by Crippen LogP contribution is 2.37. The van der Waals surface area contributed by atoms with Gasteiger partial charge in [-0.05, 0) is 34.9 Å². The van der Waals surface area contributed by atoms with Crippen LogP contribution in [-0.4, -0.2) is 44.5 Å². The number of benzene rings is 2. The minimum atomic E-state index is -4.51. The summed E-state index contributed by atoms with van der Waals surface area (Å²) in [6.45, 7) is 1.49. The fraction of sp³-hybridized carbons (Fsp3) is 0.182. The molecule has 0 unspecified atom stereocenters. The standard InChI is InChI=1S/C22H17F4N5O/c23-18-15(14-2-1-13(32)7-12(14)8-22(24,25)26)3-4-16-19(18)30-31-20(16)21-28-10-17(29-21)11-5-6-27-9-11/h1-5,7,10,27,32H,6,8-9H2,(H,28,29)(H,30,31). The van der Waals surface area contributed by atoms with E-state index in [0.29, 0.717) is 16.9 Å². The minimum Gasteiger partial charge on any atom is -0.508 e. The Hall–Kier alpha value is -3.66. The van der Waals surface area contributed by atoms with Gasteiger partial charge in [0.05, 0.1) is 18.3 Å². The van der Waals surface area contributed by atoms with Crippen molar-refractivity contribution in [2.45, 2.75) is 12.6 Å². The van der Waals surface area contributed by atoms with Gasteiger partial charge < -0.3 is 15.4 Å². The third-order valence-corrected chi connectivity index (χ3v) is 5.40. The first kappa shape index (κ1) is 20.3. The van der Waals surface area contributed by atoms with Crippen LogP contribution in [0, 0.1) is 5.82 Å². The maximum atomic E-state index is 15.4. The summed E-state index contributed by atoms with van der Waals surface area (Å²) in [6, 6.07) is 6.51. The smallest absolute Gasteiger partial charge is 0.393 e. The first-order valence-electron chi connectivity index (χ1n) is 9.81. The van der Waals surface area contributed by atoms with Crippen molar-refractivity contribution in [1.29, 1.82) is 0 Å². The minimum absolute atomic E-state index is 0.0109. The molecule has 0 spiro atoms. The molecule has 5 rings (SSSR count). The van der Waals surface area contributed by atoms with Crippen LogP contribution in [0.1, 0.15) is 11.3 Å². The zero-order valence-electron chi connectivity index (χ0n) is 16.5. The first-order valence-corrected chi connectivity index (χ1v) is 9.81. The van der Waals surface area contributed by atoms with Crippen LogP contribution < -0.4 is 5.32 Å². The van der Waals surface area contributed by atoms with Crippen LogP contribution in [-0.2, 0) is 6.42 Å². The number of nitrogens with one attached hydrogen (secondary N) is 3. The molecule has 10 heteroatoms. The van der Waals surface area contributed by atoms with Crippen molar-refractivity contribution in [2.75, 3.05) is 13.1 Å². The average molecular weight is 443 g/mol. The van der Waals surface area contributed by atoms with E-state index >= 15 is 4.39 Å². The zero-order valence-corrected chi connectivity index (χ0v) is 16.5. The Morgan fingerprint density at radius 3 is 2.66 bits per heavy atom. The number of fused-ring (bicyclic) bond motifs is 1. The predicted octanol–water partition coefficient (Wildman–Crippen LogP) is 4.56. The summed E-state index contributed by atoms with van der Waals surface area (Å²) >= 11 is 0. The van der Waals surface area contributed by atoms with Crippen LogP contribution in [0.2, 0.25) is 0 Å². The van der Waals surface area contributed by atoms with Gasteiger partial charge in [0.1, 0.15) is 17.0 Å². The Kier molecular flexibility index (Phi) is 4.74. The van der Waals surface area contributed by atoms with E-state index in [9.17, 15) is 18.3 Å². The molecule has 0 aliphatic carbocycles. The van der Waals surface area contributed by atoms with Crippen LogP contribution in [0.5, 0.6) is 5.75 Å². The van der Waals surface area contributed by atoms with E-state index in [1.54, 1.807) is 12.3 Å². The Balaban J connectivity index is 1.57. The number of rotatable bonds is 4. The third kappa shape index (κ3) is 3.62. The van der Waals surface area contributed by atoms with Crippen molar-refractivity contribution in [3.05, 3.63) is 59.7 Å². The number of hydrogen-bond donors (Lipinski definition) is 4. The van der Waals surface area contributed by atoms with Crippen molar-refractivity contribution >= 4 is 16.5 Å². The van der Waals surface area contributed by atoms with Gasteiger partial charge in [0, 0.05) is 24.0 Å². The SMILES string of the molecule is Oc1ccc(-c2ccc3c(-c4ncc(C5=CCNC5)[nH]4)[nH]nc3c2F)c(CC(F)(F)F)c1. The molecule has 1 aliphatic heterocycles. The van der Waals surface area contributed by atoms with E-state index in [2.05, 4.69) is 25.5 Å². The van der Waals surface area contributed by atoms with E-state index < -0.39 is 18.4 Å². The zero-order chi connectivity index (χ0) is 22.5. The van der Waals surface area contributed by atoms with Gasteiger partial charge in [-0.25, -0.2) is 9.37 Å². The molecule has 0 radical (unpaired) electrons. The van der Waals surface area contributed by atoms with Crippen molar-refractivity contribution in [3.63, 3.8) is 0 Å². The Labute approximate surface area is 179 Å². The Bertz CT molecular complexity index is 1350. The second-order valence-electron chi connectivity index (χ2n) is 7.56. The van der Waals surface area contributed by atoms with Gasteiger partial charge in [-0.3, -0.25) is 5.10 Å². The molecule has 32 heavy (non-hydrogen) atoms. The number of halogens is 4. The lowest BCUT2D eigenvalue weighted by molar-refractivity contribution is -0.127. The molecule has 0 atom stereocenters. The summed E-state index contributed by atoms with van der Waals surface area (Å²) in [6.07, 6.45) is -2.07. The van der Waals surface area contributed by atoms with Gasteiger partial charge in [-0.15, -0.1) is 0 Å². The molecule has 4 aromatic rings. The molecule has 0 saturated heterocycles. The lowest BCUT2D eigenvalue weighted by atomic mass is 9.95. The van der Waals surface area contributed by atoms with Crippen molar-refractivity contribution < 1.29 is 22.7 Å². The van der Waals surface area contributed by atoms with Gasteiger partial charge in [-0.1, -0.05) is 18.2 Å². The second-order valence-corrected chi connectivity index (χ2v) is 7.56. The molecule has 0 saturated carbocycles. The van der Waals surface area contributed by atoms with E-state index in [-0.39, 0.29) is 28.0 Å². The van der Waals surface area contributed by atoms with Crippen LogP contribution in [0.4, 0.5) is 17.6 Å². The largest absolute Gasteiger partial charge is 0.508 e. The lowest BCUT2D eigenvalue weighted by Gasteiger charge is -2.13. The van der Waals surface area contributed by atoms with Gasteiger partial charge in [-0.2, -0.15) is 18.3 Å². The monoisotopic (exact) mass is 443 g/mol. The molecule has 0 bridgehead atoms. The predicted molar refractivity (Wildman–Crippen MR) is 111 cm³/mol. The molecule has 1 aliphatic rings. The summed E-state index contributed by atoms with van der Waals surface area (Å²) in [5, 5.41) is 20.1. The van der Waals surface area contributed by atoms with Gasteiger partial charge >= 0.3 is 6.18 Å². The van der Waals surface area contributed by atoms with E-state index in [0.717, 1.165) is 30.4 Å². The number of aromatic hydroxyl groups is 1. The number of nitrogens with zero attached hydrogens (tertiary/aromatic N) is 2. The molecule has 2 aromatic carbocycles. The van der Waals surface area contributed by atoms with E-state index in [4.69, 9.17) is 0 Å². The number of imidazole rings is 1. The molecule has 0 fully saturated rings. The number of hydrogen-bond acceptors (Lipinski definition) is 4. The molecule has 2 aromatic heterocycles. The van der Waals surface area contributed by atoms with Crippen LogP contribution in [0.15, 0.2) is 42.6 Å². The molecular weight excluding hydrogens is 426 g/mol. The highest BCUT2D eigenvalue weighted by molar-refractivity contribution is 5.95. The third-order valence-electron chi connectivity index (χ3n) is 5.40. The van der Waals surface area contributed by atoms with E-state index in [1.165, 1.54) is 18.2 Å². The summed E-state index contributed by atoms with van der Waals surface area (Å²) in [5.41, 5.74) is 2.17. The summed E-state index contributed by atoms with van der Waals surface area (Å²) in [4.78, 5) is 7.55. The highest BCUT2D eigenvalue weighted by Gasteiger charge is 2.30. The highest BCUT2D eigenvalue weighted by atomic mass is 19.4. The Morgan fingerprint density at radius 1 is 1.09 bits per heavy atom. The summed E-state index contributed by atoms with van der Waals surface area (Å²) < 4.78 is 54.4. The van der Waals surface area contributed by atoms with Crippen molar-refractivity contribution in [3.8, 4) is 28.4 Å². The molecule has 4 N–H and O–H groups in total. The molecular formula is C22H17F4N5O. The van der Waals surface area contributed by atoms with E-state index in [1.807, 2.05) is 6.08 Å². The molecule has 0 amide bonds. The number of aromatic amines is 2. The number of phenolic OH excluding ortho intramolecular Hbond substituents is 1. The molecule has 3 heterocycles. The first-order chi connectivity index (χ1) is 15.3. The second kappa shape index (κ2) is 7.49. The van der Waals surface area contributed by atoms with Gasteiger partial charge in [0.15, 0.2) is 11.6 Å². The van der Waals surface area contributed by atoms with Crippen LogP contribution >= 0.6 is 0 Å². The Morgan fingerprint density at radius 2 is 1.91 bits per heavy atom. The number of H-pyrrole nitrogens is 2. The van der Waals surface area contributed by atoms with Gasteiger partial charge in [0.25, 0.3) is 0 Å². The fourth-order valence-corrected chi connectivity index (χ4v) is 3.93. The summed E-state index contributed by atoms with van der Waals surface area (Å²) in [7, 11) is 0. The lowest BCUT2D eigenvalue weighted by Crippen LogP contribution is -2.12. The number of alkyl halides is 3. The topological polar surface area (TPSA) is 89.6 Å². The number of phenols is 1. The van der Waals surface area contributed by atoms with Crippen LogP contribution in [0.25, 0.3) is 39.1 Å². The molecule has 6 nitrogen and oxygen atoms in total. The quantitative estimate of drug-likeness (QED) is 0.348. The fourth-order valence-electron chi connectivity index (χ4n) is 3.93. The average Bonchev–Trinajstić information content (AvgIpc) is 3.47. The maximum absolute atomic E-state index is 15.4. The number of aromatic nitrogens is 4. The van der Waals surface area contributed by atoms with Crippen molar-refractivity contribution in [2.24, 2.45) is 0 Å². The van der Waals surface area contributed by atoms with Crippen molar-refractivity contribution in [1.82, 2.24) is 25.5 Å². The maximum Gasteiger partial charge on any atom is 0.393 e. The molecule has 164 valence electrons. The summed E-state index contributed by atoms with van der Waals surface area (Å²) in [5.74, 6) is -0.601. The van der Waals surface area contributed by atoms with Gasteiger partial charge in [0.2, 0.25) is 0 Å². The van der Waals surface area contributed by atoms with Crippen LogP contribution in [0.3, 0.4) is 0 Å². The normalized spacial score (nSPS) is 14.3.